The first-order chi connectivity index (χ1) is 11.8. The maximum atomic E-state index is 12.3. The third-order valence-electron chi connectivity index (χ3n) is 4.32. The van der Waals surface area contributed by atoms with Crippen LogP contribution in [-0.4, -0.2) is 37.7 Å². The number of carbonyl (C=O) groups excluding carboxylic acids is 1. The molecule has 2 aromatic rings. The Morgan fingerprint density at radius 3 is 2.79 bits per heavy atom. The second-order valence-electron chi connectivity index (χ2n) is 5.85. The molecule has 24 heavy (non-hydrogen) atoms. The SMILES string of the molecule is COc1ccccc1NC(=O)NCC(c1ccsc1)N1CCCC1. The average molecular weight is 345 g/mol. The van der Waals surface area contributed by atoms with Gasteiger partial charge < -0.3 is 15.4 Å². The number of urea groups is 1. The lowest BCUT2D eigenvalue weighted by Gasteiger charge is -2.27. The molecule has 1 fully saturated rings. The van der Waals surface area contributed by atoms with Crippen LogP contribution in [0.25, 0.3) is 0 Å². The summed E-state index contributed by atoms with van der Waals surface area (Å²) in [5.74, 6) is 0.654. The highest BCUT2D eigenvalue weighted by Gasteiger charge is 2.24. The van der Waals surface area contributed by atoms with Crippen LogP contribution in [0.2, 0.25) is 0 Å². The minimum absolute atomic E-state index is 0.209. The van der Waals surface area contributed by atoms with Crippen LogP contribution < -0.4 is 15.4 Å². The highest BCUT2D eigenvalue weighted by molar-refractivity contribution is 7.07. The lowest BCUT2D eigenvalue weighted by molar-refractivity contribution is 0.228. The molecule has 0 aliphatic carbocycles. The third kappa shape index (κ3) is 4.07. The van der Waals surface area contributed by atoms with E-state index in [1.54, 1.807) is 18.4 Å². The number of amides is 2. The van der Waals surface area contributed by atoms with Gasteiger partial charge in [-0.25, -0.2) is 4.79 Å². The Hall–Kier alpha value is -2.05. The normalized spacial score (nSPS) is 15.9. The molecule has 5 nitrogen and oxygen atoms in total. The fourth-order valence-electron chi connectivity index (χ4n) is 3.08. The molecule has 128 valence electrons. The molecule has 6 heteroatoms. The van der Waals surface area contributed by atoms with Crippen molar-refractivity contribution in [3.8, 4) is 5.75 Å². The van der Waals surface area contributed by atoms with Gasteiger partial charge in [0, 0.05) is 6.54 Å². The summed E-state index contributed by atoms with van der Waals surface area (Å²) in [4.78, 5) is 14.7. The number of hydrogen-bond donors (Lipinski definition) is 2. The number of rotatable bonds is 6. The molecule has 3 rings (SSSR count). The Labute approximate surface area is 146 Å². The number of carbonyl (C=O) groups is 1. The molecule has 2 amide bonds. The number of nitrogens with zero attached hydrogens (tertiary/aromatic N) is 1. The van der Waals surface area contributed by atoms with Crippen molar-refractivity contribution in [3.05, 3.63) is 46.7 Å². The second kappa shape index (κ2) is 8.17. The summed E-state index contributed by atoms with van der Waals surface area (Å²) < 4.78 is 5.26. The second-order valence-corrected chi connectivity index (χ2v) is 6.63. The average Bonchev–Trinajstić information content (AvgIpc) is 3.30. The smallest absolute Gasteiger partial charge is 0.319 e. The van der Waals surface area contributed by atoms with Crippen LogP contribution in [0.1, 0.15) is 24.4 Å². The van der Waals surface area contributed by atoms with Gasteiger partial charge in [-0.05, 0) is 60.5 Å². The molecule has 1 aromatic heterocycles. The molecule has 1 atom stereocenters. The van der Waals surface area contributed by atoms with E-state index in [1.807, 2.05) is 24.3 Å². The first-order valence-corrected chi connectivity index (χ1v) is 9.16. The van der Waals surface area contributed by atoms with Crippen LogP contribution in [0.3, 0.4) is 0 Å². The van der Waals surface area contributed by atoms with E-state index in [2.05, 4.69) is 32.4 Å². The van der Waals surface area contributed by atoms with Gasteiger partial charge >= 0.3 is 6.03 Å². The summed E-state index contributed by atoms with van der Waals surface area (Å²) >= 11 is 1.70. The van der Waals surface area contributed by atoms with Gasteiger partial charge in [-0.1, -0.05) is 12.1 Å². The molecule has 1 unspecified atom stereocenters. The van der Waals surface area contributed by atoms with Crippen molar-refractivity contribution >= 4 is 23.1 Å². The summed E-state index contributed by atoms with van der Waals surface area (Å²) in [6, 6.07) is 9.58. The zero-order valence-corrected chi connectivity index (χ0v) is 14.6. The fourth-order valence-corrected chi connectivity index (χ4v) is 3.79. The number of anilines is 1. The number of likely N-dealkylation sites (tertiary alicyclic amines) is 1. The molecule has 0 bridgehead atoms. The molecule has 1 aliphatic heterocycles. The minimum atomic E-state index is -0.209. The molecule has 0 radical (unpaired) electrons. The van der Waals surface area contributed by atoms with Crippen LogP contribution in [0.5, 0.6) is 5.75 Å². The number of thiophene rings is 1. The predicted molar refractivity (Wildman–Crippen MR) is 97.9 cm³/mol. The van der Waals surface area contributed by atoms with Crippen molar-refractivity contribution in [1.29, 1.82) is 0 Å². The molecule has 1 aliphatic rings. The van der Waals surface area contributed by atoms with Gasteiger partial charge in [0.05, 0.1) is 18.8 Å². The summed E-state index contributed by atoms with van der Waals surface area (Å²) in [7, 11) is 1.60. The minimum Gasteiger partial charge on any atom is -0.495 e. The van der Waals surface area contributed by atoms with Gasteiger partial charge in [0.25, 0.3) is 0 Å². The van der Waals surface area contributed by atoms with Crippen LogP contribution >= 0.6 is 11.3 Å². The Bertz CT molecular complexity index is 654. The number of methoxy groups -OCH3 is 1. The van der Waals surface area contributed by atoms with E-state index in [4.69, 9.17) is 4.74 Å². The maximum absolute atomic E-state index is 12.3. The fraction of sp³-hybridized carbons (Fsp3) is 0.389. The first kappa shape index (κ1) is 16.8. The van der Waals surface area contributed by atoms with Crippen molar-refractivity contribution in [3.63, 3.8) is 0 Å². The highest BCUT2D eigenvalue weighted by Crippen LogP contribution is 2.26. The van der Waals surface area contributed by atoms with E-state index in [0.29, 0.717) is 18.0 Å². The van der Waals surface area contributed by atoms with Crippen molar-refractivity contribution < 1.29 is 9.53 Å². The Morgan fingerprint density at radius 1 is 1.29 bits per heavy atom. The number of ether oxygens (including phenoxy) is 1. The van der Waals surface area contributed by atoms with E-state index >= 15 is 0 Å². The number of hydrogen-bond acceptors (Lipinski definition) is 4. The van der Waals surface area contributed by atoms with Crippen LogP contribution in [0.15, 0.2) is 41.1 Å². The zero-order chi connectivity index (χ0) is 16.8. The lowest BCUT2D eigenvalue weighted by atomic mass is 10.1. The maximum Gasteiger partial charge on any atom is 0.319 e. The van der Waals surface area contributed by atoms with Gasteiger partial charge in [-0.3, -0.25) is 4.90 Å². The van der Waals surface area contributed by atoms with E-state index < -0.39 is 0 Å². The van der Waals surface area contributed by atoms with Crippen LogP contribution in [0, 0.1) is 0 Å². The predicted octanol–water partition coefficient (Wildman–Crippen LogP) is 3.72. The van der Waals surface area contributed by atoms with Gasteiger partial charge in [0.15, 0.2) is 0 Å². The van der Waals surface area contributed by atoms with E-state index in [0.717, 1.165) is 13.1 Å². The Morgan fingerprint density at radius 2 is 2.08 bits per heavy atom. The summed E-state index contributed by atoms with van der Waals surface area (Å²) in [6.45, 7) is 2.78. The molecular formula is C18H23N3O2S. The molecule has 1 saturated heterocycles. The third-order valence-corrected chi connectivity index (χ3v) is 5.02. The first-order valence-electron chi connectivity index (χ1n) is 8.22. The van der Waals surface area contributed by atoms with Crippen LogP contribution in [0.4, 0.5) is 10.5 Å². The quantitative estimate of drug-likeness (QED) is 0.839. The van der Waals surface area contributed by atoms with Crippen molar-refractivity contribution in [1.82, 2.24) is 10.2 Å². The molecular weight excluding hydrogens is 322 g/mol. The van der Waals surface area contributed by atoms with Gasteiger partial charge in [-0.15, -0.1) is 0 Å². The number of benzene rings is 1. The van der Waals surface area contributed by atoms with Gasteiger partial charge in [0.1, 0.15) is 5.75 Å². The monoisotopic (exact) mass is 345 g/mol. The van der Waals surface area contributed by atoms with E-state index in [-0.39, 0.29) is 12.1 Å². The summed E-state index contributed by atoms with van der Waals surface area (Å²) in [5.41, 5.74) is 1.95. The topological polar surface area (TPSA) is 53.6 Å². The largest absolute Gasteiger partial charge is 0.495 e. The van der Waals surface area contributed by atoms with E-state index in [1.165, 1.54) is 18.4 Å². The van der Waals surface area contributed by atoms with Crippen molar-refractivity contribution in [2.24, 2.45) is 0 Å². The molecule has 0 saturated carbocycles. The molecule has 1 aromatic carbocycles. The van der Waals surface area contributed by atoms with Crippen LogP contribution in [-0.2, 0) is 0 Å². The van der Waals surface area contributed by atoms with E-state index in [9.17, 15) is 4.79 Å². The van der Waals surface area contributed by atoms with Gasteiger partial charge in [0.2, 0.25) is 0 Å². The molecule has 2 N–H and O–H groups in total. The number of nitrogens with one attached hydrogen (secondary N) is 2. The number of para-hydroxylation sites is 2. The highest BCUT2D eigenvalue weighted by atomic mass is 32.1. The molecule has 2 heterocycles. The Balaban J connectivity index is 1.61. The standard InChI is InChI=1S/C18H23N3O2S/c1-23-17-7-3-2-6-15(17)20-18(22)19-12-16(14-8-11-24-13-14)21-9-4-5-10-21/h2-3,6-8,11,13,16H,4-5,9-10,12H2,1H3,(H2,19,20,22). The van der Waals surface area contributed by atoms with Crippen molar-refractivity contribution in [2.45, 2.75) is 18.9 Å². The Kier molecular flexibility index (Phi) is 5.72. The van der Waals surface area contributed by atoms with Gasteiger partial charge in [-0.2, -0.15) is 11.3 Å². The summed E-state index contributed by atoms with van der Waals surface area (Å²) in [5, 5.41) is 10.1. The van der Waals surface area contributed by atoms with Crippen molar-refractivity contribution in [2.75, 3.05) is 32.1 Å². The summed E-state index contributed by atoms with van der Waals surface area (Å²) in [6.07, 6.45) is 2.46. The zero-order valence-electron chi connectivity index (χ0n) is 13.8. The molecule has 0 spiro atoms. The lowest BCUT2D eigenvalue weighted by Crippen LogP contribution is -2.38.